The molecular formula is C16H28O9Si. The number of hydrogen-bond acceptors (Lipinski definition) is 9. The molecule has 10 heteroatoms. The lowest BCUT2D eigenvalue weighted by molar-refractivity contribution is -0.301. The van der Waals surface area contributed by atoms with E-state index in [-0.39, 0.29) is 6.61 Å². The van der Waals surface area contributed by atoms with Crippen LogP contribution < -0.4 is 0 Å². The van der Waals surface area contributed by atoms with Gasteiger partial charge in [-0.05, 0) is 19.6 Å². The number of carbonyl (C=O) groups is 3. The van der Waals surface area contributed by atoms with Gasteiger partial charge >= 0.3 is 17.9 Å². The lowest BCUT2D eigenvalue weighted by Crippen LogP contribution is -2.63. The third-order valence-electron chi connectivity index (χ3n) is 3.41. The minimum Gasteiger partial charge on any atom is -0.456 e. The number of methoxy groups -OCH3 is 1. The maximum atomic E-state index is 11.6. The van der Waals surface area contributed by atoms with E-state index in [2.05, 4.69) is 0 Å². The summed E-state index contributed by atoms with van der Waals surface area (Å²) >= 11 is 0. The summed E-state index contributed by atoms with van der Waals surface area (Å²) < 4.78 is 32.8. The predicted molar refractivity (Wildman–Crippen MR) is 91.6 cm³/mol. The summed E-state index contributed by atoms with van der Waals surface area (Å²) in [5.74, 6) is -1.83. The van der Waals surface area contributed by atoms with Crippen LogP contribution in [0.25, 0.3) is 0 Å². The Labute approximate surface area is 154 Å². The van der Waals surface area contributed by atoms with Crippen molar-refractivity contribution in [3.8, 4) is 0 Å². The first-order valence-electron chi connectivity index (χ1n) is 8.28. The van der Waals surface area contributed by atoms with Crippen LogP contribution in [0.1, 0.15) is 20.8 Å². The SMILES string of the molecule is CO[C@H]1O[C@H](CO[Si](C)(C)C)[C@@H](OC(C)=O)[C@H](OC(C)=O)[C@H]1OC(C)=O. The van der Waals surface area contributed by atoms with Gasteiger partial charge in [0, 0.05) is 27.9 Å². The van der Waals surface area contributed by atoms with Crippen molar-refractivity contribution >= 4 is 26.2 Å². The van der Waals surface area contributed by atoms with E-state index in [0.29, 0.717) is 0 Å². The molecule has 5 atom stereocenters. The average Bonchev–Trinajstić information content (AvgIpc) is 2.47. The summed E-state index contributed by atoms with van der Waals surface area (Å²) in [6.45, 7) is 9.74. The third-order valence-corrected chi connectivity index (χ3v) is 4.44. The fraction of sp³-hybridized carbons (Fsp3) is 0.812. The highest BCUT2D eigenvalue weighted by Crippen LogP contribution is 2.29. The van der Waals surface area contributed by atoms with Crippen molar-refractivity contribution in [1.82, 2.24) is 0 Å². The van der Waals surface area contributed by atoms with Crippen LogP contribution in [0.4, 0.5) is 0 Å². The molecule has 1 heterocycles. The molecule has 0 saturated carbocycles. The Morgan fingerprint density at radius 2 is 1.31 bits per heavy atom. The number of hydrogen-bond donors (Lipinski definition) is 0. The zero-order chi connectivity index (χ0) is 20.1. The molecule has 150 valence electrons. The van der Waals surface area contributed by atoms with Gasteiger partial charge in [0.25, 0.3) is 0 Å². The standard InChI is InChI=1S/C16H28O9Si/c1-9(17)22-13-12(8-21-26(5,6)7)25-16(20-4)15(24-11(3)19)14(13)23-10(2)18/h12-16H,8H2,1-7H3/t12-,13-,14+,15-,16+/m1/s1. The summed E-state index contributed by atoms with van der Waals surface area (Å²) in [6.07, 6.45) is -4.95. The van der Waals surface area contributed by atoms with Crippen LogP contribution >= 0.6 is 0 Å². The Morgan fingerprint density at radius 1 is 0.846 bits per heavy atom. The minimum atomic E-state index is -1.89. The van der Waals surface area contributed by atoms with Crippen LogP contribution in [0.5, 0.6) is 0 Å². The largest absolute Gasteiger partial charge is 0.456 e. The lowest BCUT2D eigenvalue weighted by Gasteiger charge is -2.44. The number of ether oxygens (including phenoxy) is 5. The minimum absolute atomic E-state index is 0.109. The molecule has 1 aliphatic heterocycles. The molecule has 0 spiro atoms. The zero-order valence-corrected chi connectivity index (χ0v) is 17.3. The molecule has 0 N–H and O–H groups in total. The van der Waals surface area contributed by atoms with Gasteiger partial charge in [0.1, 0.15) is 6.10 Å². The van der Waals surface area contributed by atoms with Gasteiger partial charge in [-0.1, -0.05) is 0 Å². The fourth-order valence-electron chi connectivity index (χ4n) is 2.51. The van der Waals surface area contributed by atoms with Crippen molar-refractivity contribution in [3.05, 3.63) is 0 Å². The monoisotopic (exact) mass is 392 g/mol. The molecule has 0 amide bonds. The quantitative estimate of drug-likeness (QED) is 0.356. The highest BCUT2D eigenvalue weighted by molar-refractivity contribution is 6.69. The van der Waals surface area contributed by atoms with Crippen LogP contribution in [0.3, 0.4) is 0 Å². The van der Waals surface area contributed by atoms with Crippen LogP contribution in [-0.4, -0.2) is 70.6 Å². The molecule has 1 saturated heterocycles. The van der Waals surface area contributed by atoms with E-state index in [1.54, 1.807) is 0 Å². The van der Waals surface area contributed by atoms with Gasteiger partial charge in [0.15, 0.2) is 32.9 Å². The Balaban J connectivity index is 3.19. The normalized spacial score (nSPS) is 29.0. The highest BCUT2D eigenvalue weighted by atomic mass is 28.4. The van der Waals surface area contributed by atoms with Gasteiger partial charge in [0.05, 0.1) is 6.61 Å². The van der Waals surface area contributed by atoms with Gasteiger partial charge in [-0.3, -0.25) is 14.4 Å². The van der Waals surface area contributed by atoms with E-state index in [1.165, 1.54) is 27.9 Å². The lowest BCUT2D eigenvalue weighted by atomic mass is 9.98. The Kier molecular flexibility index (Phi) is 8.19. The summed E-state index contributed by atoms with van der Waals surface area (Å²) in [5, 5.41) is 0. The van der Waals surface area contributed by atoms with Crippen molar-refractivity contribution in [2.45, 2.75) is 71.1 Å². The van der Waals surface area contributed by atoms with Crippen LogP contribution in [0.2, 0.25) is 19.6 Å². The molecule has 1 rings (SSSR count). The van der Waals surface area contributed by atoms with E-state index >= 15 is 0 Å². The highest BCUT2D eigenvalue weighted by Gasteiger charge is 2.52. The first kappa shape index (κ1) is 22.5. The fourth-order valence-corrected chi connectivity index (χ4v) is 3.18. The molecule has 26 heavy (non-hydrogen) atoms. The molecule has 0 aromatic carbocycles. The van der Waals surface area contributed by atoms with Crippen LogP contribution in [0.15, 0.2) is 0 Å². The second-order valence-electron chi connectivity index (χ2n) is 6.92. The maximum Gasteiger partial charge on any atom is 0.303 e. The van der Waals surface area contributed by atoms with Gasteiger partial charge in [-0.2, -0.15) is 0 Å². The van der Waals surface area contributed by atoms with E-state index in [9.17, 15) is 14.4 Å². The van der Waals surface area contributed by atoms with Crippen molar-refractivity contribution < 1.29 is 42.5 Å². The van der Waals surface area contributed by atoms with E-state index in [1.807, 2.05) is 19.6 Å². The molecular weight excluding hydrogens is 364 g/mol. The van der Waals surface area contributed by atoms with Crippen molar-refractivity contribution in [2.75, 3.05) is 13.7 Å². The van der Waals surface area contributed by atoms with Gasteiger partial charge in [-0.25, -0.2) is 0 Å². The summed E-state index contributed by atoms with van der Waals surface area (Å²) in [5.41, 5.74) is 0. The zero-order valence-electron chi connectivity index (χ0n) is 16.3. The average molecular weight is 392 g/mol. The van der Waals surface area contributed by atoms with Crippen LogP contribution in [-0.2, 0) is 42.5 Å². The van der Waals surface area contributed by atoms with Crippen molar-refractivity contribution in [3.63, 3.8) is 0 Å². The second kappa shape index (κ2) is 9.44. The van der Waals surface area contributed by atoms with E-state index in [0.717, 1.165) is 0 Å². The summed E-state index contributed by atoms with van der Waals surface area (Å²) in [7, 11) is -0.525. The second-order valence-corrected chi connectivity index (χ2v) is 11.4. The smallest absolute Gasteiger partial charge is 0.303 e. The van der Waals surface area contributed by atoms with Crippen LogP contribution in [0, 0.1) is 0 Å². The molecule has 0 bridgehead atoms. The topological polar surface area (TPSA) is 107 Å². The number of esters is 3. The molecule has 1 fully saturated rings. The van der Waals surface area contributed by atoms with Gasteiger partial charge in [-0.15, -0.1) is 0 Å². The molecule has 0 unspecified atom stereocenters. The molecule has 0 aromatic heterocycles. The van der Waals surface area contributed by atoms with Crippen molar-refractivity contribution in [1.29, 1.82) is 0 Å². The first-order chi connectivity index (χ1) is 11.9. The van der Waals surface area contributed by atoms with Crippen molar-refractivity contribution in [2.24, 2.45) is 0 Å². The predicted octanol–water partition coefficient (Wildman–Crippen LogP) is 1.00. The Hall–Kier alpha value is -1.49. The Bertz CT molecular complexity index is 516. The molecule has 0 aliphatic carbocycles. The van der Waals surface area contributed by atoms with E-state index in [4.69, 9.17) is 28.1 Å². The molecule has 1 aliphatic rings. The van der Waals surface area contributed by atoms with Gasteiger partial charge < -0.3 is 28.1 Å². The third kappa shape index (κ3) is 7.02. The Morgan fingerprint density at radius 3 is 1.73 bits per heavy atom. The number of rotatable bonds is 7. The molecule has 0 aromatic rings. The molecule has 0 radical (unpaired) electrons. The summed E-state index contributed by atoms with van der Waals surface area (Å²) in [6, 6.07) is 0. The van der Waals surface area contributed by atoms with E-state index < -0.39 is 56.9 Å². The first-order valence-corrected chi connectivity index (χ1v) is 11.7. The summed E-state index contributed by atoms with van der Waals surface area (Å²) in [4.78, 5) is 34.6. The number of carbonyl (C=O) groups excluding carboxylic acids is 3. The molecule has 9 nitrogen and oxygen atoms in total. The van der Waals surface area contributed by atoms with Gasteiger partial charge in [0.2, 0.25) is 0 Å². The maximum absolute atomic E-state index is 11.6.